The third kappa shape index (κ3) is 3.72. The molecule has 0 aliphatic rings. The number of hydroxylamine groups is 2. The van der Waals surface area contributed by atoms with E-state index in [-0.39, 0.29) is 6.61 Å². The first kappa shape index (κ1) is 6.88. The maximum absolute atomic E-state index is 8.25. The first-order valence-electron chi connectivity index (χ1n) is 2.17. The van der Waals surface area contributed by atoms with E-state index in [4.69, 9.17) is 5.11 Å². The number of nitrogens with zero attached hydrogens (tertiary/aromatic N) is 1. The molecular formula is C4H11NO2. The Labute approximate surface area is 43.5 Å². The molecule has 0 rings (SSSR count). The largest absolute Gasteiger partial charge is 0.395 e. The minimum Gasteiger partial charge on any atom is -0.395 e. The van der Waals surface area contributed by atoms with Crippen LogP contribution in [0.3, 0.4) is 0 Å². The molecule has 3 heteroatoms. The average molecular weight is 105 g/mol. The van der Waals surface area contributed by atoms with Gasteiger partial charge in [0.15, 0.2) is 0 Å². The van der Waals surface area contributed by atoms with Crippen LogP contribution in [0, 0.1) is 0 Å². The molecule has 44 valence electrons. The molecule has 0 heterocycles. The van der Waals surface area contributed by atoms with Crippen LogP contribution < -0.4 is 0 Å². The topological polar surface area (TPSA) is 32.7 Å². The quantitative estimate of drug-likeness (QED) is 0.490. The van der Waals surface area contributed by atoms with Gasteiger partial charge in [-0.15, -0.1) is 0 Å². The van der Waals surface area contributed by atoms with Gasteiger partial charge in [0.25, 0.3) is 0 Å². The monoisotopic (exact) mass is 105 g/mol. The lowest BCUT2D eigenvalue weighted by Gasteiger charge is -2.09. The maximum Gasteiger partial charge on any atom is 0.0581 e. The number of rotatable bonds is 3. The summed E-state index contributed by atoms with van der Waals surface area (Å²) in [6.07, 6.45) is 0. The number of likely N-dealkylation sites (N-methyl/N-ethyl adjacent to an activating group) is 1. The van der Waals surface area contributed by atoms with Crippen molar-refractivity contribution in [3.63, 3.8) is 0 Å². The van der Waals surface area contributed by atoms with Crippen molar-refractivity contribution in [3.05, 3.63) is 0 Å². The molecule has 0 aromatic rings. The van der Waals surface area contributed by atoms with Gasteiger partial charge < -0.3 is 9.94 Å². The van der Waals surface area contributed by atoms with Gasteiger partial charge in [-0.25, -0.2) is 0 Å². The molecule has 0 bridgehead atoms. The van der Waals surface area contributed by atoms with E-state index in [1.807, 2.05) is 0 Å². The lowest BCUT2D eigenvalue weighted by Crippen LogP contribution is -2.20. The van der Waals surface area contributed by atoms with Crippen molar-refractivity contribution in [2.45, 2.75) is 0 Å². The summed E-state index contributed by atoms with van der Waals surface area (Å²) < 4.78 is 0. The second-order valence-electron chi connectivity index (χ2n) is 1.26. The number of hydrogen-bond acceptors (Lipinski definition) is 3. The molecule has 3 nitrogen and oxygen atoms in total. The maximum atomic E-state index is 8.25. The Morgan fingerprint density at radius 2 is 2.29 bits per heavy atom. The van der Waals surface area contributed by atoms with Gasteiger partial charge in [0.1, 0.15) is 0 Å². The van der Waals surface area contributed by atoms with Gasteiger partial charge in [-0.1, -0.05) is 0 Å². The van der Waals surface area contributed by atoms with E-state index in [1.165, 1.54) is 0 Å². The zero-order valence-electron chi connectivity index (χ0n) is 4.72. The fourth-order valence-electron chi connectivity index (χ4n) is 0.232. The summed E-state index contributed by atoms with van der Waals surface area (Å²) in [6.45, 7) is 0.709. The predicted octanol–water partition coefficient (Wildman–Crippen LogP) is -0.528. The van der Waals surface area contributed by atoms with Gasteiger partial charge in [-0.3, -0.25) is 0 Å². The Morgan fingerprint density at radius 1 is 1.71 bits per heavy atom. The SMILES string of the molecule is CON(C)CCO. The van der Waals surface area contributed by atoms with E-state index in [0.29, 0.717) is 6.54 Å². The van der Waals surface area contributed by atoms with Crippen molar-refractivity contribution in [3.8, 4) is 0 Å². The van der Waals surface area contributed by atoms with Gasteiger partial charge in [0.05, 0.1) is 13.7 Å². The van der Waals surface area contributed by atoms with Crippen molar-refractivity contribution in [2.24, 2.45) is 0 Å². The molecule has 0 aromatic carbocycles. The van der Waals surface area contributed by atoms with Crippen LogP contribution in [-0.4, -0.2) is 37.5 Å². The second kappa shape index (κ2) is 4.05. The summed E-state index contributed by atoms with van der Waals surface area (Å²) in [4.78, 5) is 4.66. The van der Waals surface area contributed by atoms with Crippen molar-refractivity contribution in [1.82, 2.24) is 5.06 Å². The Bertz CT molecular complexity index is 40.7. The second-order valence-corrected chi connectivity index (χ2v) is 1.26. The summed E-state index contributed by atoms with van der Waals surface area (Å²) in [5, 5.41) is 9.80. The zero-order chi connectivity index (χ0) is 5.70. The first-order chi connectivity index (χ1) is 3.31. The minimum absolute atomic E-state index is 0.143. The standard InChI is InChI=1S/C4H11NO2/c1-5(7-2)3-4-6/h6H,3-4H2,1-2H3. The fourth-order valence-corrected chi connectivity index (χ4v) is 0.232. The van der Waals surface area contributed by atoms with E-state index >= 15 is 0 Å². The smallest absolute Gasteiger partial charge is 0.0581 e. The van der Waals surface area contributed by atoms with Crippen LogP contribution in [-0.2, 0) is 4.84 Å². The molecule has 0 saturated carbocycles. The van der Waals surface area contributed by atoms with Gasteiger partial charge in [-0.05, 0) is 0 Å². The molecule has 0 spiro atoms. The number of aliphatic hydroxyl groups excluding tert-OH is 1. The number of aliphatic hydroxyl groups is 1. The zero-order valence-corrected chi connectivity index (χ0v) is 4.72. The highest BCUT2D eigenvalue weighted by atomic mass is 16.7. The van der Waals surface area contributed by atoms with E-state index in [1.54, 1.807) is 19.2 Å². The highest BCUT2D eigenvalue weighted by Gasteiger charge is 1.88. The molecule has 0 radical (unpaired) electrons. The molecule has 0 atom stereocenters. The highest BCUT2D eigenvalue weighted by Crippen LogP contribution is 1.75. The molecule has 0 aromatic heterocycles. The van der Waals surface area contributed by atoms with E-state index in [2.05, 4.69) is 4.84 Å². The summed E-state index contributed by atoms with van der Waals surface area (Å²) >= 11 is 0. The van der Waals surface area contributed by atoms with Gasteiger partial charge in [0, 0.05) is 13.6 Å². The van der Waals surface area contributed by atoms with Crippen molar-refractivity contribution in [1.29, 1.82) is 0 Å². The van der Waals surface area contributed by atoms with Crippen molar-refractivity contribution >= 4 is 0 Å². The molecule has 7 heavy (non-hydrogen) atoms. The normalized spacial score (nSPS) is 10.3. The third-order valence-corrected chi connectivity index (χ3v) is 0.727. The molecule has 0 aliphatic carbocycles. The van der Waals surface area contributed by atoms with Gasteiger partial charge >= 0.3 is 0 Å². The molecule has 0 amide bonds. The van der Waals surface area contributed by atoms with Crippen LogP contribution in [0.25, 0.3) is 0 Å². The van der Waals surface area contributed by atoms with Crippen LogP contribution in [0.5, 0.6) is 0 Å². The lowest BCUT2D eigenvalue weighted by atomic mass is 10.7. The summed E-state index contributed by atoms with van der Waals surface area (Å²) in [5.74, 6) is 0. The summed E-state index contributed by atoms with van der Waals surface area (Å²) in [5.41, 5.74) is 0. The minimum atomic E-state index is 0.143. The molecule has 0 aliphatic heterocycles. The van der Waals surface area contributed by atoms with E-state index < -0.39 is 0 Å². The first-order valence-corrected chi connectivity index (χ1v) is 2.17. The Kier molecular flexibility index (Phi) is 3.98. The Balaban J connectivity index is 2.83. The highest BCUT2D eigenvalue weighted by molar-refractivity contribution is 4.28. The van der Waals surface area contributed by atoms with E-state index in [0.717, 1.165) is 0 Å². The van der Waals surface area contributed by atoms with Crippen molar-refractivity contribution < 1.29 is 9.94 Å². The summed E-state index contributed by atoms with van der Waals surface area (Å²) in [7, 11) is 3.33. The molecule has 0 fully saturated rings. The average Bonchev–Trinajstić information content (AvgIpc) is 1.68. The van der Waals surface area contributed by atoms with Crippen LogP contribution in [0.2, 0.25) is 0 Å². The molecule has 0 saturated heterocycles. The van der Waals surface area contributed by atoms with Crippen LogP contribution in [0.4, 0.5) is 0 Å². The third-order valence-electron chi connectivity index (χ3n) is 0.727. The van der Waals surface area contributed by atoms with E-state index in [9.17, 15) is 0 Å². The molecule has 0 unspecified atom stereocenters. The predicted molar refractivity (Wildman–Crippen MR) is 26.7 cm³/mol. The molecular weight excluding hydrogens is 94.0 g/mol. The fraction of sp³-hybridized carbons (Fsp3) is 1.00. The van der Waals surface area contributed by atoms with Crippen LogP contribution in [0.1, 0.15) is 0 Å². The van der Waals surface area contributed by atoms with Crippen LogP contribution >= 0.6 is 0 Å². The van der Waals surface area contributed by atoms with Gasteiger partial charge in [-0.2, -0.15) is 5.06 Å². The van der Waals surface area contributed by atoms with Gasteiger partial charge in [0.2, 0.25) is 0 Å². The molecule has 1 N–H and O–H groups in total. The Hall–Kier alpha value is -0.120. The van der Waals surface area contributed by atoms with Crippen molar-refractivity contribution in [2.75, 3.05) is 27.3 Å². The lowest BCUT2D eigenvalue weighted by molar-refractivity contribution is -0.115. The number of hydrogen-bond donors (Lipinski definition) is 1. The Morgan fingerprint density at radius 3 is 2.43 bits per heavy atom. The van der Waals surface area contributed by atoms with Crippen LogP contribution in [0.15, 0.2) is 0 Å². The summed E-state index contributed by atoms with van der Waals surface area (Å²) in [6, 6.07) is 0.